The van der Waals surface area contributed by atoms with E-state index in [0.717, 1.165) is 4.47 Å². The molecule has 0 fully saturated rings. The van der Waals surface area contributed by atoms with Gasteiger partial charge in [-0.05, 0) is 18.2 Å². The second-order valence-electron chi connectivity index (χ2n) is 2.95. The smallest absolute Gasteiger partial charge is 0.165 e. The highest BCUT2D eigenvalue weighted by molar-refractivity contribution is 9.10. The Labute approximate surface area is 79.3 Å². The second-order valence-corrected chi connectivity index (χ2v) is 3.86. The van der Waals surface area contributed by atoms with Crippen molar-refractivity contribution in [2.75, 3.05) is 0 Å². The van der Waals surface area contributed by atoms with Crippen molar-refractivity contribution in [2.45, 2.75) is 6.92 Å². The summed E-state index contributed by atoms with van der Waals surface area (Å²) in [6.07, 6.45) is 0. The number of nitrogens with one attached hydrogen (secondary N) is 1. The van der Waals surface area contributed by atoms with E-state index in [9.17, 15) is 0 Å². The van der Waals surface area contributed by atoms with Crippen LogP contribution in [0.4, 0.5) is 0 Å². The maximum atomic E-state index is 3.44. The molecular weight excluding hydrogens is 216 g/mol. The van der Waals surface area contributed by atoms with Crippen LogP contribution in [-0.2, 0) is 7.05 Å². The van der Waals surface area contributed by atoms with Gasteiger partial charge in [-0.2, -0.15) is 5.10 Å². The van der Waals surface area contributed by atoms with E-state index in [4.69, 9.17) is 0 Å². The van der Waals surface area contributed by atoms with Crippen molar-refractivity contribution in [2.24, 2.45) is 7.05 Å². The van der Waals surface area contributed by atoms with E-state index < -0.39 is 0 Å². The Morgan fingerprint density at radius 2 is 2.17 bits per heavy atom. The summed E-state index contributed by atoms with van der Waals surface area (Å²) in [5.74, 6) is 0. The van der Waals surface area contributed by atoms with Gasteiger partial charge in [0.2, 0.25) is 5.69 Å². The lowest BCUT2D eigenvalue weighted by molar-refractivity contribution is -0.730. The molecule has 0 atom stereocenters. The van der Waals surface area contributed by atoms with Crippen molar-refractivity contribution in [3.05, 3.63) is 28.4 Å². The van der Waals surface area contributed by atoms with Gasteiger partial charge in [0, 0.05) is 11.4 Å². The molecule has 2 rings (SSSR count). The standard InChI is InChI=1S/C9H9BrN2/c1-6-8-4-3-7(10)5-9(8)11-12(6)2/h3-5H,1-2H3/p+1. The quantitative estimate of drug-likeness (QED) is 0.663. The number of fused-ring (bicyclic) bond motifs is 1. The zero-order chi connectivity index (χ0) is 8.72. The lowest BCUT2D eigenvalue weighted by Gasteiger charge is -1.86. The van der Waals surface area contributed by atoms with Crippen LogP contribution < -0.4 is 4.68 Å². The lowest BCUT2D eigenvalue weighted by atomic mass is 10.2. The molecule has 1 N–H and O–H groups in total. The third kappa shape index (κ3) is 1.05. The first-order chi connectivity index (χ1) is 5.68. The van der Waals surface area contributed by atoms with Crippen LogP contribution in [0.2, 0.25) is 0 Å². The number of aromatic amines is 1. The minimum absolute atomic E-state index is 1.11. The normalized spacial score (nSPS) is 10.9. The Morgan fingerprint density at radius 1 is 1.42 bits per heavy atom. The molecule has 1 aromatic heterocycles. The van der Waals surface area contributed by atoms with Gasteiger partial charge in [0.15, 0.2) is 7.05 Å². The molecule has 0 saturated heterocycles. The van der Waals surface area contributed by atoms with Gasteiger partial charge in [-0.25, -0.2) is 0 Å². The highest BCUT2D eigenvalue weighted by atomic mass is 79.9. The van der Waals surface area contributed by atoms with Gasteiger partial charge in [0.05, 0.1) is 5.39 Å². The molecule has 0 amide bonds. The molecule has 0 spiro atoms. The highest BCUT2D eigenvalue weighted by Crippen LogP contribution is 2.18. The number of nitrogens with zero attached hydrogens (tertiary/aromatic N) is 1. The van der Waals surface area contributed by atoms with Gasteiger partial charge in [-0.15, -0.1) is 4.68 Å². The summed E-state index contributed by atoms with van der Waals surface area (Å²) >= 11 is 3.44. The third-order valence-corrected chi connectivity index (χ3v) is 2.66. The SMILES string of the molecule is Cc1c2ccc(Br)cc2[nH][n+]1C. The first kappa shape index (κ1) is 7.80. The second kappa shape index (κ2) is 2.59. The van der Waals surface area contributed by atoms with Crippen LogP contribution in [0.15, 0.2) is 22.7 Å². The topological polar surface area (TPSA) is 19.7 Å². The van der Waals surface area contributed by atoms with E-state index in [2.05, 4.69) is 46.2 Å². The first-order valence-corrected chi connectivity index (χ1v) is 4.61. The summed E-state index contributed by atoms with van der Waals surface area (Å²) in [5.41, 5.74) is 2.43. The number of hydrogen-bond acceptors (Lipinski definition) is 0. The van der Waals surface area contributed by atoms with Crippen molar-refractivity contribution in [3.8, 4) is 0 Å². The predicted octanol–water partition coefficient (Wildman–Crippen LogP) is 2.06. The molecule has 1 aromatic carbocycles. The molecule has 0 radical (unpaired) electrons. The minimum Gasteiger partial charge on any atom is -0.165 e. The fourth-order valence-electron chi connectivity index (χ4n) is 1.37. The van der Waals surface area contributed by atoms with Gasteiger partial charge in [-0.1, -0.05) is 15.9 Å². The average Bonchev–Trinajstić information content (AvgIpc) is 2.28. The molecule has 0 bridgehead atoms. The van der Waals surface area contributed by atoms with Crippen molar-refractivity contribution >= 4 is 26.8 Å². The van der Waals surface area contributed by atoms with Crippen LogP contribution in [0.3, 0.4) is 0 Å². The Hall–Kier alpha value is -0.830. The van der Waals surface area contributed by atoms with E-state index in [0.29, 0.717) is 0 Å². The van der Waals surface area contributed by atoms with Crippen molar-refractivity contribution in [3.63, 3.8) is 0 Å². The molecule has 62 valence electrons. The molecule has 1 heterocycles. The maximum absolute atomic E-state index is 3.44. The minimum atomic E-state index is 1.11. The molecular formula is C9H10BrN2+. The van der Waals surface area contributed by atoms with Gasteiger partial charge < -0.3 is 0 Å². The number of rotatable bonds is 0. The lowest BCUT2D eigenvalue weighted by Crippen LogP contribution is -2.32. The number of H-pyrrole nitrogens is 1. The summed E-state index contributed by atoms with van der Waals surface area (Å²) in [4.78, 5) is 0. The van der Waals surface area contributed by atoms with Gasteiger partial charge in [-0.3, -0.25) is 0 Å². The molecule has 0 aliphatic heterocycles. The molecule has 0 aliphatic rings. The summed E-state index contributed by atoms with van der Waals surface area (Å²) in [6.45, 7) is 2.10. The number of aryl methyl sites for hydroxylation is 2. The Balaban J connectivity index is 2.87. The largest absolute Gasteiger partial charge is 0.212 e. The fourth-order valence-corrected chi connectivity index (χ4v) is 1.73. The van der Waals surface area contributed by atoms with Crippen molar-refractivity contribution in [1.82, 2.24) is 5.10 Å². The number of hydrogen-bond donors (Lipinski definition) is 1. The van der Waals surface area contributed by atoms with Gasteiger partial charge in [0.25, 0.3) is 0 Å². The van der Waals surface area contributed by atoms with E-state index in [-0.39, 0.29) is 0 Å². The van der Waals surface area contributed by atoms with Gasteiger partial charge in [0.1, 0.15) is 5.52 Å². The molecule has 0 saturated carbocycles. The molecule has 2 nitrogen and oxygen atoms in total. The fraction of sp³-hybridized carbons (Fsp3) is 0.222. The number of benzene rings is 1. The summed E-state index contributed by atoms with van der Waals surface area (Å²) in [7, 11) is 2.02. The van der Waals surface area contributed by atoms with Crippen LogP contribution in [0.25, 0.3) is 10.9 Å². The average molecular weight is 226 g/mol. The molecule has 0 aliphatic carbocycles. The maximum Gasteiger partial charge on any atom is 0.212 e. The Kier molecular flexibility index (Phi) is 1.68. The zero-order valence-electron chi connectivity index (χ0n) is 7.06. The van der Waals surface area contributed by atoms with E-state index in [1.54, 1.807) is 0 Å². The van der Waals surface area contributed by atoms with E-state index >= 15 is 0 Å². The summed E-state index contributed by atoms with van der Waals surface area (Å²) in [5, 5.41) is 4.53. The van der Waals surface area contributed by atoms with Crippen LogP contribution in [-0.4, -0.2) is 5.10 Å². The van der Waals surface area contributed by atoms with E-state index in [1.165, 1.54) is 16.6 Å². The van der Waals surface area contributed by atoms with Crippen molar-refractivity contribution in [1.29, 1.82) is 0 Å². The molecule has 3 heteroatoms. The summed E-state index contributed by atoms with van der Waals surface area (Å²) < 4.78 is 3.13. The van der Waals surface area contributed by atoms with Gasteiger partial charge >= 0.3 is 0 Å². The Morgan fingerprint density at radius 3 is 2.92 bits per heavy atom. The number of halogens is 1. The van der Waals surface area contributed by atoms with E-state index in [1.807, 2.05) is 11.7 Å². The zero-order valence-corrected chi connectivity index (χ0v) is 8.64. The third-order valence-electron chi connectivity index (χ3n) is 2.16. The predicted molar refractivity (Wildman–Crippen MR) is 51.9 cm³/mol. The van der Waals surface area contributed by atoms with Crippen LogP contribution in [0, 0.1) is 6.92 Å². The summed E-state index contributed by atoms with van der Waals surface area (Å²) in [6, 6.07) is 6.26. The van der Waals surface area contributed by atoms with Crippen LogP contribution >= 0.6 is 15.9 Å². The highest BCUT2D eigenvalue weighted by Gasteiger charge is 2.09. The molecule has 2 aromatic rings. The molecule has 0 unspecified atom stereocenters. The first-order valence-electron chi connectivity index (χ1n) is 3.82. The van der Waals surface area contributed by atoms with Crippen LogP contribution in [0.5, 0.6) is 0 Å². The monoisotopic (exact) mass is 225 g/mol. The van der Waals surface area contributed by atoms with Crippen LogP contribution in [0.1, 0.15) is 5.69 Å². The molecule has 12 heavy (non-hydrogen) atoms. The number of aromatic nitrogens is 2. The van der Waals surface area contributed by atoms with Crippen molar-refractivity contribution < 1.29 is 4.68 Å². The Bertz CT molecular complexity index is 431.